The summed E-state index contributed by atoms with van der Waals surface area (Å²) in [6.45, 7) is 0. The highest BCUT2D eigenvalue weighted by Crippen LogP contribution is 2.67. The highest BCUT2D eigenvalue weighted by molar-refractivity contribution is 6.22. The number of rotatable bonds is 3. The molecule has 0 saturated heterocycles. The van der Waals surface area contributed by atoms with Gasteiger partial charge in [0, 0.05) is 11.1 Å². The molecule has 0 fully saturated rings. The Morgan fingerprint density at radius 3 is 1.36 bits per heavy atom. The van der Waals surface area contributed by atoms with Crippen LogP contribution in [0.5, 0.6) is 0 Å². The van der Waals surface area contributed by atoms with Gasteiger partial charge in [0.05, 0.1) is 16.8 Å². The molecule has 0 N–H and O–H groups in total. The van der Waals surface area contributed by atoms with Crippen LogP contribution in [0.15, 0.2) is 194 Å². The van der Waals surface area contributed by atoms with Gasteiger partial charge in [-0.1, -0.05) is 176 Å². The number of benzene rings is 9. The van der Waals surface area contributed by atoms with E-state index >= 15 is 0 Å². The van der Waals surface area contributed by atoms with Crippen molar-refractivity contribution in [3.8, 4) is 55.9 Å². The van der Waals surface area contributed by atoms with Crippen LogP contribution in [0.1, 0.15) is 22.3 Å². The fourth-order valence-electron chi connectivity index (χ4n) is 9.99. The van der Waals surface area contributed by atoms with Crippen LogP contribution in [0.3, 0.4) is 0 Å². The lowest BCUT2D eigenvalue weighted by Gasteiger charge is -2.33. The molecule has 0 atom stereocenters. The van der Waals surface area contributed by atoms with Crippen molar-refractivity contribution in [3.05, 3.63) is 216 Å². The first-order chi connectivity index (χ1) is 27.3. The Kier molecular flexibility index (Phi) is 6.29. The summed E-state index contributed by atoms with van der Waals surface area (Å²) in [5.41, 5.74) is 16.5. The second-order valence-corrected chi connectivity index (χ2v) is 14.8. The molecule has 55 heavy (non-hydrogen) atoms. The van der Waals surface area contributed by atoms with Gasteiger partial charge in [0.2, 0.25) is 0 Å². The van der Waals surface area contributed by atoms with E-state index < -0.39 is 5.41 Å². The van der Waals surface area contributed by atoms with Gasteiger partial charge in [-0.3, -0.25) is 0 Å². The lowest BCUT2D eigenvalue weighted by molar-refractivity contribution is 0.809. The predicted octanol–water partition coefficient (Wildman–Crippen LogP) is 13.3. The summed E-state index contributed by atoms with van der Waals surface area (Å²) in [6, 6.07) is 71.1. The highest BCUT2D eigenvalue weighted by Gasteiger charge is 2.54. The van der Waals surface area contributed by atoms with Crippen molar-refractivity contribution in [2.24, 2.45) is 0 Å². The third kappa shape index (κ3) is 4.08. The number of aromatic nitrogens is 2. The van der Waals surface area contributed by atoms with Gasteiger partial charge in [-0.25, -0.2) is 0 Å². The Morgan fingerprint density at radius 1 is 0.291 bits per heavy atom. The Balaban J connectivity index is 1.15. The molecule has 2 heteroatoms. The van der Waals surface area contributed by atoms with E-state index in [1.165, 1.54) is 88.0 Å². The molecule has 10 aromatic rings. The van der Waals surface area contributed by atoms with Crippen molar-refractivity contribution >= 4 is 32.3 Å². The SMILES string of the molecule is c1ccc(-c2ccc(-c3ccc(-c4cc5c(c6ccccc46)C4(c6ccccc6-c6ccccc64)c4c-5c5ccccc5c5ccccc45)cc3)nn2)cc1. The first kappa shape index (κ1) is 30.3. The zero-order valence-corrected chi connectivity index (χ0v) is 29.9. The Hall–Kier alpha value is -7.16. The number of fused-ring (bicyclic) bond motifs is 17. The smallest absolute Gasteiger partial charge is 0.0930 e. The lowest BCUT2D eigenvalue weighted by Crippen LogP contribution is -2.26. The van der Waals surface area contributed by atoms with Gasteiger partial charge in [0.1, 0.15) is 0 Å². The van der Waals surface area contributed by atoms with Crippen LogP contribution in [-0.4, -0.2) is 10.2 Å². The van der Waals surface area contributed by atoms with Crippen LogP contribution in [0.25, 0.3) is 88.2 Å². The minimum Gasteiger partial charge on any atom is -0.150 e. The molecule has 2 aliphatic carbocycles. The summed E-state index contributed by atoms with van der Waals surface area (Å²) in [5, 5.41) is 16.9. The molecular weight excluding hydrogens is 665 g/mol. The monoisotopic (exact) mass is 696 g/mol. The summed E-state index contributed by atoms with van der Waals surface area (Å²) in [4.78, 5) is 0. The van der Waals surface area contributed by atoms with Crippen molar-refractivity contribution in [2.75, 3.05) is 0 Å². The average Bonchev–Trinajstić information content (AvgIpc) is 3.74. The molecule has 2 nitrogen and oxygen atoms in total. The molecule has 254 valence electrons. The lowest BCUT2D eigenvalue weighted by atomic mass is 9.68. The molecule has 0 bridgehead atoms. The largest absolute Gasteiger partial charge is 0.150 e. The summed E-state index contributed by atoms with van der Waals surface area (Å²) >= 11 is 0. The fourth-order valence-corrected chi connectivity index (χ4v) is 9.99. The summed E-state index contributed by atoms with van der Waals surface area (Å²) in [7, 11) is 0. The molecule has 0 aliphatic heterocycles. The number of hydrogen-bond acceptors (Lipinski definition) is 2. The maximum Gasteiger partial charge on any atom is 0.0930 e. The van der Waals surface area contributed by atoms with E-state index in [1.54, 1.807) is 0 Å². The minimum atomic E-state index is -0.492. The Bertz CT molecular complexity index is 3130. The topological polar surface area (TPSA) is 25.8 Å². The molecule has 0 saturated carbocycles. The van der Waals surface area contributed by atoms with Gasteiger partial charge in [-0.15, -0.1) is 10.2 Å². The summed E-state index contributed by atoms with van der Waals surface area (Å²) < 4.78 is 0. The molecule has 12 rings (SSSR count). The third-order valence-electron chi connectivity index (χ3n) is 12.2. The molecule has 0 amide bonds. The summed E-state index contributed by atoms with van der Waals surface area (Å²) in [6.07, 6.45) is 0. The highest BCUT2D eigenvalue weighted by atomic mass is 15.1. The quantitative estimate of drug-likeness (QED) is 0.172. The van der Waals surface area contributed by atoms with E-state index in [-0.39, 0.29) is 0 Å². The van der Waals surface area contributed by atoms with Crippen molar-refractivity contribution in [1.29, 1.82) is 0 Å². The van der Waals surface area contributed by atoms with Crippen molar-refractivity contribution < 1.29 is 0 Å². The Morgan fingerprint density at radius 2 is 0.745 bits per heavy atom. The molecule has 1 spiro atoms. The van der Waals surface area contributed by atoms with E-state index in [9.17, 15) is 0 Å². The van der Waals surface area contributed by atoms with Gasteiger partial charge < -0.3 is 0 Å². The third-order valence-corrected chi connectivity index (χ3v) is 12.2. The van der Waals surface area contributed by atoms with Crippen LogP contribution in [0, 0.1) is 0 Å². The number of hydrogen-bond donors (Lipinski definition) is 0. The van der Waals surface area contributed by atoms with E-state index in [4.69, 9.17) is 0 Å². The van der Waals surface area contributed by atoms with Crippen molar-refractivity contribution in [1.82, 2.24) is 10.2 Å². The second-order valence-electron chi connectivity index (χ2n) is 14.8. The molecule has 1 heterocycles. The van der Waals surface area contributed by atoms with E-state index in [2.05, 4.69) is 186 Å². The zero-order chi connectivity index (χ0) is 36.1. The van der Waals surface area contributed by atoms with Gasteiger partial charge in [-0.2, -0.15) is 0 Å². The van der Waals surface area contributed by atoms with Gasteiger partial charge >= 0.3 is 0 Å². The van der Waals surface area contributed by atoms with E-state index in [0.29, 0.717) is 0 Å². The van der Waals surface area contributed by atoms with Crippen LogP contribution in [0.4, 0.5) is 0 Å². The fraction of sp³-hybridized carbons (Fsp3) is 0.0189. The van der Waals surface area contributed by atoms with E-state index in [0.717, 1.165) is 22.5 Å². The van der Waals surface area contributed by atoms with E-state index in [1.807, 2.05) is 18.2 Å². The van der Waals surface area contributed by atoms with Crippen LogP contribution >= 0.6 is 0 Å². The summed E-state index contributed by atoms with van der Waals surface area (Å²) in [5.74, 6) is 0. The molecule has 2 aliphatic rings. The molecular formula is C53H32N2. The first-order valence-corrected chi connectivity index (χ1v) is 19.0. The molecule has 9 aromatic carbocycles. The zero-order valence-electron chi connectivity index (χ0n) is 29.9. The minimum absolute atomic E-state index is 0.492. The van der Waals surface area contributed by atoms with Crippen LogP contribution in [-0.2, 0) is 5.41 Å². The van der Waals surface area contributed by atoms with Gasteiger partial charge in [0.25, 0.3) is 0 Å². The predicted molar refractivity (Wildman–Crippen MR) is 227 cm³/mol. The van der Waals surface area contributed by atoms with Crippen LogP contribution < -0.4 is 0 Å². The average molecular weight is 697 g/mol. The molecule has 0 unspecified atom stereocenters. The number of nitrogens with zero attached hydrogens (tertiary/aromatic N) is 2. The normalized spacial score (nSPS) is 13.2. The molecule has 1 aromatic heterocycles. The van der Waals surface area contributed by atoms with Gasteiger partial charge in [0.15, 0.2) is 0 Å². The standard InChI is InChI=1S/C53H32N2/c1-2-14-34(15-3-1)48-30-31-49(55-54-48)35-28-26-33(27-29-35)44-32-45-50-41-21-7-4-16-36(41)37-17-5-9-23-43(37)52(50)53(51(45)42-22-8-6-18-38(42)44)46-24-12-10-19-39(46)40-20-11-13-25-47(40)53/h1-32H. The second kappa shape index (κ2) is 11.4. The van der Waals surface area contributed by atoms with Crippen LogP contribution in [0.2, 0.25) is 0 Å². The maximum atomic E-state index is 4.63. The van der Waals surface area contributed by atoms with Gasteiger partial charge in [-0.05, 0) is 106 Å². The molecule has 0 radical (unpaired) electrons. The maximum absolute atomic E-state index is 4.63. The first-order valence-electron chi connectivity index (χ1n) is 19.0. The van der Waals surface area contributed by atoms with Crippen molar-refractivity contribution in [2.45, 2.75) is 5.41 Å². The van der Waals surface area contributed by atoms with Crippen molar-refractivity contribution in [3.63, 3.8) is 0 Å². The Labute approximate surface area is 319 Å².